The first kappa shape index (κ1) is 10.9. The molecule has 1 heterocycles. The summed E-state index contributed by atoms with van der Waals surface area (Å²) in [6.07, 6.45) is 4.08. The van der Waals surface area contributed by atoms with E-state index in [0.717, 1.165) is 22.7 Å². The maximum absolute atomic E-state index is 12.5. The number of aromatic amines is 1. The van der Waals surface area contributed by atoms with Gasteiger partial charge in [-0.05, 0) is 55.1 Å². The molecule has 4 heteroatoms. The summed E-state index contributed by atoms with van der Waals surface area (Å²) in [7, 11) is 0. The van der Waals surface area contributed by atoms with Gasteiger partial charge in [0.25, 0.3) is 0 Å². The molecule has 5 rings (SSSR count). The van der Waals surface area contributed by atoms with Crippen LogP contribution in [0.3, 0.4) is 0 Å². The summed E-state index contributed by atoms with van der Waals surface area (Å²) in [5.41, 5.74) is 0.971. The predicted octanol–water partition coefficient (Wildman–Crippen LogP) is 2.79. The van der Waals surface area contributed by atoms with Crippen LogP contribution in [-0.2, 0) is 4.79 Å². The molecule has 3 aliphatic rings. The number of hydrogen-bond acceptors (Lipinski definition) is 2. The number of carbonyl (C=O) groups excluding carboxylic acids is 1. The summed E-state index contributed by atoms with van der Waals surface area (Å²) in [6.45, 7) is 0. The van der Waals surface area contributed by atoms with Crippen molar-refractivity contribution in [3.63, 3.8) is 0 Å². The van der Waals surface area contributed by atoms with Gasteiger partial charge in [-0.1, -0.05) is 12.1 Å². The average molecular weight is 267 g/mol. The molecule has 0 spiro atoms. The summed E-state index contributed by atoms with van der Waals surface area (Å²) in [5, 5.41) is 11.2. The van der Waals surface area contributed by atoms with E-state index in [1.54, 1.807) is 0 Å². The van der Waals surface area contributed by atoms with Gasteiger partial charge in [0.2, 0.25) is 5.91 Å². The first-order valence-corrected chi connectivity index (χ1v) is 7.57. The van der Waals surface area contributed by atoms with Crippen LogP contribution in [0.2, 0.25) is 0 Å². The Morgan fingerprint density at radius 1 is 1.20 bits per heavy atom. The molecule has 3 aliphatic carbocycles. The molecule has 20 heavy (non-hydrogen) atoms. The SMILES string of the molecule is O=C(Nc1n[nH]c2ccccc12)C1C2C3CCC(C3)C12. The van der Waals surface area contributed by atoms with E-state index >= 15 is 0 Å². The molecule has 4 atom stereocenters. The average Bonchev–Trinajstić information content (AvgIpc) is 2.78. The van der Waals surface area contributed by atoms with Crippen LogP contribution in [0.25, 0.3) is 10.9 Å². The molecule has 0 aliphatic heterocycles. The number of nitrogens with zero attached hydrogens (tertiary/aromatic N) is 1. The summed E-state index contributed by atoms with van der Waals surface area (Å²) in [4.78, 5) is 12.5. The van der Waals surface area contributed by atoms with E-state index in [1.807, 2.05) is 24.3 Å². The highest BCUT2D eigenvalue weighted by atomic mass is 16.2. The molecule has 4 nitrogen and oxygen atoms in total. The van der Waals surface area contributed by atoms with Crippen molar-refractivity contribution >= 4 is 22.6 Å². The van der Waals surface area contributed by atoms with E-state index in [1.165, 1.54) is 19.3 Å². The largest absolute Gasteiger partial charge is 0.308 e. The fraction of sp³-hybridized carbons (Fsp3) is 0.500. The lowest BCUT2D eigenvalue weighted by atomic mass is 10.0. The Bertz CT molecular complexity index is 691. The first-order chi connectivity index (χ1) is 9.83. The second kappa shape index (κ2) is 3.62. The highest BCUT2D eigenvalue weighted by Crippen LogP contribution is 2.69. The number of aromatic nitrogens is 2. The Morgan fingerprint density at radius 3 is 2.75 bits per heavy atom. The Hall–Kier alpha value is -1.84. The van der Waals surface area contributed by atoms with Crippen molar-refractivity contribution in [3.8, 4) is 0 Å². The van der Waals surface area contributed by atoms with Crippen molar-refractivity contribution in [2.45, 2.75) is 19.3 Å². The van der Waals surface area contributed by atoms with Gasteiger partial charge in [0.05, 0.1) is 5.52 Å². The summed E-state index contributed by atoms with van der Waals surface area (Å²) >= 11 is 0. The second-order valence-electron chi connectivity index (χ2n) is 6.62. The normalized spacial score (nSPS) is 37.1. The van der Waals surface area contributed by atoms with E-state index < -0.39 is 0 Å². The lowest BCUT2D eigenvalue weighted by molar-refractivity contribution is -0.118. The number of fused-ring (bicyclic) bond motifs is 6. The summed E-state index contributed by atoms with van der Waals surface area (Å²) < 4.78 is 0. The Labute approximate surface area is 116 Å². The number of carbonyl (C=O) groups is 1. The molecule has 3 saturated carbocycles. The fourth-order valence-electron chi connectivity index (χ4n) is 4.93. The monoisotopic (exact) mass is 267 g/mol. The molecular formula is C16H17N3O. The van der Waals surface area contributed by atoms with Crippen molar-refractivity contribution in [3.05, 3.63) is 24.3 Å². The number of nitrogens with one attached hydrogen (secondary N) is 2. The van der Waals surface area contributed by atoms with E-state index in [4.69, 9.17) is 0 Å². The highest BCUT2D eigenvalue weighted by molar-refractivity contribution is 6.01. The van der Waals surface area contributed by atoms with Gasteiger partial charge in [-0.25, -0.2) is 0 Å². The smallest absolute Gasteiger partial charge is 0.229 e. The molecule has 102 valence electrons. The number of benzene rings is 1. The van der Waals surface area contributed by atoms with Crippen molar-refractivity contribution in [2.75, 3.05) is 5.32 Å². The molecule has 2 N–H and O–H groups in total. The van der Waals surface area contributed by atoms with Gasteiger partial charge in [0.1, 0.15) is 0 Å². The van der Waals surface area contributed by atoms with Gasteiger partial charge in [0.15, 0.2) is 5.82 Å². The van der Waals surface area contributed by atoms with Crippen LogP contribution in [0.1, 0.15) is 19.3 Å². The molecule has 2 aromatic rings. The minimum absolute atomic E-state index is 0.189. The number of rotatable bonds is 2. The molecule has 1 aromatic heterocycles. The third-order valence-electron chi connectivity index (χ3n) is 5.75. The maximum atomic E-state index is 12.5. The number of amides is 1. The summed E-state index contributed by atoms with van der Waals surface area (Å²) in [6, 6.07) is 7.91. The van der Waals surface area contributed by atoms with Gasteiger partial charge < -0.3 is 5.32 Å². The number of hydrogen-bond donors (Lipinski definition) is 2. The molecule has 2 bridgehead atoms. The first-order valence-electron chi connectivity index (χ1n) is 7.57. The van der Waals surface area contributed by atoms with Crippen LogP contribution in [0.15, 0.2) is 24.3 Å². The van der Waals surface area contributed by atoms with E-state index in [0.29, 0.717) is 17.7 Å². The lowest BCUT2D eigenvalue weighted by Crippen LogP contribution is -2.18. The molecule has 0 radical (unpaired) electrons. The third kappa shape index (κ3) is 1.31. The topological polar surface area (TPSA) is 57.8 Å². The minimum Gasteiger partial charge on any atom is -0.308 e. The van der Waals surface area contributed by atoms with Gasteiger partial charge in [-0.15, -0.1) is 0 Å². The van der Waals surface area contributed by atoms with Crippen molar-refractivity contribution in [1.82, 2.24) is 10.2 Å². The number of anilines is 1. The maximum Gasteiger partial charge on any atom is 0.229 e. The quantitative estimate of drug-likeness (QED) is 0.879. The zero-order valence-electron chi connectivity index (χ0n) is 11.2. The minimum atomic E-state index is 0.189. The lowest BCUT2D eigenvalue weighted by Gasteiger charge is -2.08. The van der Waals surface area contributed by atoms with Crippen LogP contribution >= 0.6 is 0 Å². The van der Waals surface area contributed by atoms with Gasteiger partial charge in [-0.2, -0.15) is 5.10 Å². The standard InChI is InChI=1S/C16H17N3O/c20-16(14-12-8-5-6-9(7-8)13(12)14)17-15-10-3-1-2-4-11(10)18-19-15/h1-4,8-9,12-14H,5-7H2,(H2,17,18,19,20). The molecule has 1 aromatic carbocycles. The van der Waals surface area contributed by atoms with Crippen LogP contribution in [0, 0.1) is 29.6 Å². The molecule has 1 amide bonds. The van der Waals surface area contributed by atoms with Gasteiger partial charge >= 0.3 is 0 Å². The Morgan fingerprint density at radius 2 is 1.95 bits per heavy atom. The van der Waals surface area contributed by atoms with Crippen LogP contribution in [0.5, 0.6) is 0 Å². The van der Waals surface area contributed by atoms with Crippen LogP contribution < -0.4 is 5.32 Å². The number of para-hydroxylation sites is 1. The van der Waals surface area contributed by atoms with E-state index in [2.05, 4.69) is 15.5 Å². The fourth-order valence-corrected chi connectivity index (χ4v) is 4.93. The second-order valence-corrected chi connectivity index (χ2v) is 6.62. The highest BCUT2D eigenvalue weighted by Gasteiger charge is 2.67. The van der Waals surface area contributed by atoms with Crippen molar-refractivity contribution in [1.29, 1.82) is 0 Å². The zero-order chi connectivity index (χ0) is 13.3. The molecule has 4 unspecified atom stereocenters. The molecule has 0 saturated heterocycles. The third-order valence-corrected chi connectivity index (χ3v) is 5.75. The van der Waals surface area contributed by atoms with Crippen LogP contribution in [0.4, 0.5) is 5.82 Å². The number of H-pyrrole nitrogens is 1. The Balaban J connectivity index is 1.39. The molecule has 3 fully saturated rings. The van der Waals surface area contributed by atoms with Crippen LogP contribution in [-0.4, -0.2) is 16.1 Å². The van der Waals surface area contributed by atoms with Crippen molar-refractivity contribution in [2.24, 2.45) is 29.6 Å². The zero-order valence-corrected chi connectivity index (χ0v) is 11.2. The van der Waals surface area contributed by atoms with Crippen molar-refractivity contribution < 1.29 is 4.79 Å². The van der Waals surface area contributed by atoms with E-state index in [-0.39, 0.29) is 11.8 Å². The van der Waals surface area contributed by atoms with E-state index in [9.17, 15) is 4.79 Å². The molecular weight excluding hydrogens is 250 g/mol. The van der Waals surface area contributed by atoms with Gasteiger partial charge in [0, 0.05) is 11.3 Å². The predicted molar refractivity (Wildman–Crippen MR) is 76.0 cm³/mol. The van der Waals surface area contributed by atoms with Gasteiger partial charge in [-0.3, -0.25) is 9.89 Å². The summed E-state index contributed by atoms with van der Waals surface area (Å²) in [5.74, 6) is 4.15. The Kier molecular flexibility index (Phi) is 1.97.